The lowest BCUT2D eigenvalue weighted by Crippen LogP contribution is -2.59. The Hall–Kier alpha value is -3.22. The van der Waals surface area contributed by atoms with E-state index in [1.165, 1.54) is 0 Å². The van der Waals surface area contributed by atoms with Crippen molar-refractivity contribution in [2.45, 2.75) is 77.5 Å². The zero-order valence-corrected chi connectivity index (χ0v) is 19.2. The summed E-state index contributed by atoms with van der Waals surface area (Å²) < 4.78 is 0. The number of amides is 3. The van der Waals surface area contributed by atoms with Crippen molar-refractivity contribution in [3.63, 3.8) is 0 Å². The molecule has 0 aromatic rings. The first-order valence-corrected chi connectivity index (χ1v) is 10.5. The second-order valence-corrected chi connectivity index (χ2v) is 8.26. The van der Waals surface area contributed by atoms with E-state index in [2.05, 4.69) is 16.0 Å². The minimum Gasteiger partial charge on any atom is -0.481 e. The van der Waals surface area contributed by atoms with Crippen molar-refractivity contribution in [1.29, 1.82) is 0 Å². The predicted molar refractivity (Wildman–Crippen MR) is 115 cm³/mol. The molecule has 0 heterocycles. The Balaban J connectivity index is 5.59. The molecule has 0 saturated heterocycles. The number of nitrogens with two attached hydrogens (primary N) is 1. The van der Waals surface area contributed by atoms with Crippen molar-refractivity contribution in [1.82, 2.24) is 16.0 Å². The highest BCUT2D eigenvalue weighted by Gasteiger charge is 2.33. The number of hydrogen-bond donors (Lipinski definition) is 7. The summed E-state index contributed by atoms with van der Waals surface area (Å²) in [6.45, 7) is 6.94. The summed E-state index contributed by atoms with van der Waals surface area (Å²) >= 11 is 0. The average molecular weight is 475 g/mol. The van der Waals surface area contributed by atoms with Crippen molar-refractivity contribution >= 4 is 35.6 Å². The molecule has 0 spiro atoms. The summed E-state index contributed by atoms with van der Waals surface area (Å²) in [4.78, 5) is 70.8. The predicted octanol–water partition coefficient (Wildman–Crippen LogP) is -1.11. The maximum absolute atomic E-state index is 12.9. The SMILES string of the molecule is CCC(C)C(NC(=O)C(CC(C)C)NC(=O)C(N)CC(=O)O)C(=O)NC(CC(=O)O)C(=O)O. The molecule has 0 fully saturated rings. The average Bonchev–Trinajstić information content (AvgIpc) is 2.68. The van der Waals surface area contributed by atoms with Crippen molar-refractivity contribution in [3.8, 4) is 0 Å². The molecule has 188 valence electrons. The second kappa shape index (κ2) is 14.0. The van der Waals surface area contributed by atoms with Crippen molar-refractivity contribution in [3.05, 3.63) is 0 Å². The largest absolute Gasteiger partial charge is 0.481 e. The number of aliphatic carboxylic acids is 3. The van der Waals surface area contributed by atoms with Gasteiger partial charge in [-0.1, -0.05) is 34.1 Å². The number of carbonyl (C=O) groups is 6. The number of hydrogen-bond acceptors (Lipinski definition) is 7. The van der Waals surface area contributed by atoms with E-state index >= 15 is 0 Å². The highest BCUT2D eigenvalue weighted by Crippen LogP contribution is 2.12. The van der Waals surface area contributed by atoms with E-state index in [0.717, 1.165) is 0 Å². The van der Waals surface area contributed by atoms with Crippen molar-refractivity contribution in [2.75, 3.05) is 0 Å². The molecule has 0 bridgehead atoms. The normalized spacial score (nSPS) is 15.5. The third-order valence-corrected chi connectivity index (χ3v) is 4.86. The van der Waals surface area contributed by atoms with Gasteiger partial charge in [0.1, 0.15) is 18.1 Å². The minimum absolute atomic E-state index is 0.0698. The Morgan fingerprint density at radius 1 is 0.758 bits per heavy atom. The van der Waals surface area contributed by atoms with Crippen molar-refractivity contribution < 1.29 is 44.1 Å². The lowest BCUT2D eigenvalue weighted by Gasteiger charge is -2.28. The molecule has 0 aliphatic heterocycles. The van der Waals surface area contributed by atoms with E-state index in [1.54, 1.807) is 27.7 Å². The summed E-state index contributed by atoms with van der Waals surface area (Å²) in [6, 6.07) is -5.42. The summed E-state index contributed by atoms with van der Waals surface area (Å²) in [5.74, 6) is -7.27. The fraction of sp³-hybridized carbons (Fsp3) is 0.700. The van der Waals surface area contributed by atoms with Crippen LogP contribution < -0.4 is 21.7 Å². The zero-order valence-electron chi connectivity index (χ0n) is 19.2. The quantitative estimate of drug-likeness (QED) is 0.151. The second-order valence-electron chi connectivity index (χ2n) is 8.26. The molecule has 0 radical (unpaired) electrons. The van der Waals surface area contributed by atoms with E-state index in [0.29, 0.717) is 6.42 Å². The maximum atomic E-state index is 12.9. The van der Waals surface area contributed by atoms with Crippen LogP contribution in [0.4, 0.5) is 0 Å². The maximum Gasteiger partial charge on any atom is 0.326 e. The van der Waals surface area contributed by atoms with Crippen LogP contribution >= 0.6 is 0 Å². The molecule has 3 amide bonds. The van der Waals surface area contributed by atoms with Gasteiger partial charge in [0.05, 0.1) is 18.9 Å². The third kappa shape index (κ3) is 11.3. The highest BCUT2D eigenvalue weighted by atomic mass is 16.4. The van der Waals surface area contributed by atoms with E-state index < -0.39 is 78.6 Å². The Morgan fingerprint density at radius 3 is 1.70 bits per heavy atom. The lowest BCUT2D eigenvalue weighted by atomic mass is 9.96. The number of rotatable bonds is 15. The summed E-state index contributed by atoms with van der Waals surface area (Å²) in [5.41, 5.74) is 5.55. The molecule has 0 rings (SSSR count). The Kier molecular flexibility index (Phi) is 12.7. The van der Waals surface area contributed by atoms with Crippen LogP contribution in [-0.4, -0.2) is 75.1 Å². The standard InChI is InChI=1S/C20H34N4O9/c1-5-10(4)16(19(31)23-13(20(32)33)8-15(27)28)24-18(30)12(6-9(2)3)22-17(29)11(21)7-14(25)26/h9-13,16H,5-8,21H2,1-4H3,(H,22,29)(H,23,31)(H,24,30)(H,25,26)(H,27,28)(H,32,33). The molecule has 0 saturated carbocycles. The van der Waals surface area contributed by atoms with Crippen LogP contribution in [0.5, 0.6) is 0 Å². The molecule has 13 nitrogen and oxygen atoms in total. The minimum atomic E-state index is -1.70. The van der Waals surface area contributed by atoms with Gasteiger partial charge in [-0.05, 0) is 18.3 Å². The fourth-order valence-corrected chi connectivity index (χ4v) is 2.85. The van der Waals surface area contributed by atoms with E-state index in [-0.39, 0.29) is 12.3 Å². The summed E-state index contributed by atoms with van der Waals surface area (Å²) in [7, 11) is 0. The van der Waals surface area contributed by atoms with Crippen LogP contribution in [0.1, 0.15) is 53.4 Å². The molecular formula is C20H34N4O9. The van der Waals surface area contributed by atoms with Crippen LogP contribution in [0.2, 0.25) is 0 Å². The fourth-order valence-electron chi connectivity index (χ4n) is 2.85. The van der Waals surface area contributed by atoms with Crippen LogP contribution in [0.3, 0.4) is 0 Å². The third-order valence-electron chi connectivity index (χ3n) is 4.86. The molecule has 0 aromatic carbocycles. The summed E-state index contributed by atoms with van der Waals surface area (Å²) in [6.07, 6.45) is -0.918. The number of carboxylic acids is 3. The first-order valence-electron chi connectivity index (χ1n) is 10.5. The molecule has 0 aliphatic rings. The van der Waals surface area contributed by atoms with Gasteiger partial charge in [-0.3, -0.25) is 24.0 Å². The van der Waals surface area contributed by atoms with Gasteiger partial charge in [-0.15, -0.1) is 0 Å². The van der Waals surface area contributed by atoms with Crippen LogP contribution in [0.25, 0.3) is 0 Å². The molecule has 0 aromatic heterocycles. The highest BCUT2D eigenvalue weighted by molar-refractivity contribution is 5.95. The Labute approximate surface area is 191 Å². The van der Waals surface area contributed by atoms with Gasteiger partial charge in [0.25, 0.3) is 0 Å². The van der Waals surface area contributed by atoms with Crippen LogP contribution in [0.15, 0.2) is 0 Å². The Bertz CT molecular complexity index is 741. The topological polar surface area (TPSA) is 225 Å². The van der Waals surface area contributed by atoms with Gasteiger partial charge in [-0.2, -0.15) is 0 Å². The first kappa shape index (κ1) is 29.8. The van der Waals surface area contributed by atoms with Gasteiger partial charge in [-0.25, -0.2) is 4.79 Å². The number of carboxylic acid groups (broad SMARTS) is 3. The molecule has 5 unspecified atom stereocenters. The van der Waals surface area contributed by atoms with Crippen molar-refractivity contribution in [2.24, 2.45) is 17.6 Å². The van der Waals surface area contributed by atoms with E-state index in [4.69, 9.17) is 21.1 Å². The number of carbonyl (C=O) groups excluding carboxylic acids is 3. The molecule has 0 aliphatic carbocycles. The lowest BCUT2D eigenvalue weighted by molar-refractivity contribution is -0.147. The van der Waals surface area contributed by atoms with E-state index in [1.807, 2.05) is 0 Å². The number of nitrogens with one attached hydrogen (secondary N) is 3. The smallest absolute Gasteiger partial charge is 0.326 e. The van der Waals surface area contributed by atoms with Gasteiger partial charge >= 0.3 is 17.9 Å². The first-order chi connectivity index (χ1) is 15.2. The van der Waals surface area contributed by atoms with Gasteiger partial charge in [0, 0.05) is 0 Å². The van der Waals surface area contributed by atoms with Gasteiger partial charge in [0.2, 0.25) is 17.7 Å². The molecular weight excluding hydrogens is 440 g/mol. The molecule has 13 heteroatoms. The van der Waals surface area contributed by atoms with E-state index in [9.17, 15) is 28.8 Å². The van der Waals surface area contributed by atoms with Crippen LogP contribution in [0, 0.1) is 11.8 Å². The molecule has 5 atom stereocenters. The monoisotopic (exact) mass is 474 g/mol. The zero-order chi connectivity index (χ0) is 25.9. The Morgan fingerprint density at radius 2 is 1.27 bits per heavy atom. The molecule has 8 N–H and O–H groups in total. The molecule has 33 heavy (non-hydrogen) atoms. The van der Waals surface area contributed by atoms with Gasteiger partial charge < -0.3 is 37.0 Å². The summed E-state index contributed by atoms with van der Waals surface area (Å²) in [5, 5.41) is 33.8. The van der Waals surface area contributed by atoms with Crippen LogP contribution in [-0.2, 0) is 28.8 Å². The van der Waals surface area contributed by atoms with Gasteiger partial charge in [0.15, 0.2) is 0 Å².